The normalized spacial score (nSPS) is 6.50. The van der Waals surface area contributed by atoms with Gasteiger partial charge >= 0.3 is 67.9 Å². The second kappa shape index (κ2) is 5.86. The molecule has 2 amide bonds. The van der Waals surface area contributed by atoms with Crippen LogP contribution in [0.15, 0.2) is 4.36 Å². The van der Waals surface area contributed by atoms with E-state index in [-0.39, 0.29) is 51.4 Å². The summed E-state index contributed by atoms with van der Waals surface area (Å²) in [6.07, 6.45) is 0. The maximum atomic E-state index is 9.47. The van der Waals surface area contributed by atoms with Gasteiger partial charge in [0.1, 0.15) is 0 Å². The maximum absolute atomic E-state index is 9.47. The van der Waals surface area contributed by atoms with Gasteiger partial charge in [0.25, 0.3) is 0 Å². The van der Waals surface area contributed by atoms with Crippen LogP contribution in [0, 0.1) is 0 Å². The number of hydrogen-bond donors (Lipinski definition) is 1. The number of nitrogens with two attached hydrogens (primary N) is 1. The van der Waals surface area contributed by atoms with Gasteiger partial charge in [-0.3, -0.25) is 0 Å². The average molecular weight is 162 g/mol. The fourth-order valence-electron chi connectivity index (χ4n) is 0.0735. The van der Waals surface area contributed by atoms with Gasteiger partial charge in [-0.05, 0) is 0 Å². The standard InChI is InChI=1S/CH2N2O3S.K.H/c2-1(4)3-7(5)6;;/h(H2,2,4);;. The number of hydrogen-bond acceptors (Lipinski definition) is 3. The molecule has 8 heavy (non-hydrogen) atoms. The Balaban J connectivity index is 0. The summed E-state index contributed by atoms with van der Waals surface area (Å²) in [6, 6.07) is -1.20. The number of carbonyl (C=O) groups is 1. The quantitative estimate of drug-likeness (QED) is 0.438. The van der Waals surface area contributed by atoms with Crippen LogP contribution in [-0.4, -0.2) is 65.8 Å². The van der Waals surface area contributed by atoms with Crippen molar-refractivity contribution in [1.29, 1.82) is 0 Å². The molecular weight excluding hydrogens is 159 g/mol. The first-order valence-electron chi connectivity index (χ1n) is 1.23. The second-order valence-electron chi connectivity index (χ2n) is 0.647. The number of amides is 2. The van der Waals surface area contributed by atoms with E-state index in [4.69, 9.17) is 0 Å². The molecule has 0 aromatic carbocycles. The fourth-order valence-corrected chi connectivity index (χ4v) is 0.220. The molecule has 0 saturated carbocycles. The molecule has 0 aliphatic rings. The van der Waals surface area contributed by atoms with Gasteiger partial charge in [0.15, 0.2) is 0 Å². The minimum absolute atomic E-state index is 0. The van der Waals surface area contributed by atoms with Crippen molar-refractivity contribution in [2.24, 2.45) is 10.1 Å². The molecular formula is CH3KN2O3S. The molecule has 42 valence electrons. The van der Waals surface area contributed by atoms with Crippen molar-refractivity contribution in [3.63, 3.8) is 0 Å². The van der Waals surface area contributed by atoms with Crippen LogP contribution in [0.2, 0.25) is 0 Å². The Morgan fingerprint density at radius 2 is 1.88 bits per heavy atom. The molecule has 0 unspecified atom stereocenters. The van der Waals surface area contributed by atoms with Crippen LogP contribution in [0.25, 0.3) is 0 Å². The molecule has 2 N–H and O–H groups in total. The first-order chi connectivity index (χ1) is 3.13. The molecule has 0 heterocycles. The molecule has 0 atom stereocenters. The molecule has 0 spiro atoms. The Hall–Kier alpha value is 0.726. The SMILES string of the molecule is NC(=O)N=S(=O)=O.[KH]. The number of rotatable bonds is 0. The molecule has 0 bridgehead atoms. The van der Waals surface area contributed by atoms with Crippen molar-refractivity contribution in [1.82, 2.24) is 0 Å². The van der Waals surface area contributed by atoms with Crippen molar-refractivity contribution in [3.8, 4) is 0 Å². The van der Waals surface area contributed by atoms with Crippen molar-refractivity contribution in [2.75, 3.05) is 0 Å². The Kier molecular flexibility index (Phi) is 8.43. The van der Waals surface area contributed by atoms with E-state index in [1.165, 1.54) is 0 Å². The van der Waals surface area contributed by atoms with Crippen molar-refractivity contribution in [2.45, 2.75) is 0 Å². The number of urea groups is 1. The van der Waals surface area contributed by atoms with E-state index >= 15 is 0 Å². The topological polar surface area (TPSA) is 89.6 Å². The fraction of sp³-hybridized carbons (Fsp3) is 0. The van der Waals surface area contributed by atoms with E-state index in [1.54, 1.807) is 0 Å². The third-order valence-corrected chi connectivity index (χ3v) is 0.494. The summed E-state index contributed by atoms with van der Waals surface area (Å²) in [5, 5.41) is 0. The Morgan fingerprint density at radius 1 is 1.50 bits per heavy atom. The van der Waals surface area contributed by atoms with Crippen LogP contribution >= 0.6 is 0 Å². The molecule has 0 aliphatic carbocycles. The summed E-state index contributed by atoms with van der Waals surface area (Å²) in [5.74, 6) is 0. The van der Waals surface area contributed by atoms with Crippen LogP contribution in [0.5, 0.6) is 0 Å². The summed E-state index contributed by atoms with van der Waals surface area (Å²) < 4.78 is 21.0. The number of nitrogens with zero attached hydrogens (tertiary/aromatic N) is 1. The molecule has 0 rings (SSSR count). The second-order valence-corrected chi connectivity index (χ2v) is 1.26. The zero-order chi connectivity index (χ0) is 5.86. The van der Waals surface area contributed by atoms with Crippen molar-refractivity contribution in [3.05, 3.63) is 0 Å². The predicted molar refractivity (Wildman–Crippen MR) is 28.1 cm³/mol. The van der Waals surface area contributed by atoms with Gasteiger partial charge in [-0.25, -0.2) is 4.79 Å². The van der Waals surface area contributed by atoms with Crippen molar-refractivity contribution < 1.29 is 13.2 Å². The third kappa shape index (κ3) is 9.87. The van der Waals surface area contributed by atoms with E-state index in [2.05, 4.69) is 10.1 Å². The first-order valence-corrected chi connectivity index (χ1v) is 2.26. The third-order valence-electron chi connectivity index (χ3n) is 0.165. The monoisotopic (exact) mass is 162 g/mol. The van der Waals surface area contributed by atoms with Gasteiger partial charge in [0, 0.05) is 0 Å². The number of carbonyl (C=O) groups excluding carboxylic acids is 1. The van der Waals surface area contributed by atoms with Crippen molar-refractivity contribution >= 4 is 67.9 Å². The molecule has 0 aromatic heterocycles. The summed E-state index contributed by atoms with van der Waals surface area (Å²) in [5.41, 5.74) is 4.29. The van der Waals surface area contributed by atoms with E-state index < -0.39 is 16.5 Å². The van der Waals surface area contributed by atoms with Crippen LogP contribution in [0.3, 0.4) is 0 Å². The molecule has 5 nitrogen and oxygen atoms in total. The Bertz CT molecular complexity index is 185. The molecule has 0 radical (unpaired) electrons. The van der Waals surface area contributed by atoms with Crippen LogP contribution in [0.4, 0.5) is 4.79 Å². The van der Waals surface area contributed by atoms with Gasteiger partial charge in [-0.1, -0.05) is 4.36 Å². The Labute approximate surface area is 89.8 Å². The van der Waals surface area contributed by atoms with Gasteiger partial charge < -0.3 is 5.73 Å². The summed E-state index contributed by atoms with van der Waals surface area (Å²) >= 11 is 0. The van der Waals surface area contributed by atoms with E-state index in [0.717, 1.165) is 0 Å². The molecule has 0 fully saturated rings. The molecule has 7 heteroatoms. The van der Waals surface area contributed by atoms with Crippen LogP contribution in [0.1, 0.15) is 0 Å². The Morgan fingerprint density at radius 3 is 1.88 bits per heavy atom. The van der Waals surface area contributed by atoms with Crippen LogP contribution < -0.4 is 5.73 Å². The van der Waals surface area contributed by atoms with E-state index in [0.29, 0.717) is 0 Å². The van der Waals surface area contributed by atoms with Crippen LogP contribution in [-0.2, 0) is 10.5 Å². The minimum atomic E-state index is -2.70. The predicted octanol–water partition coefficient (Wildman–Crippen LogP) is -1.52. The average Bonchev–Trinajstić information content (AvgIpc) is 1.27. The summed E-state index contributed by atoms with van der Waals surface area (Å²) in [4.78, 5) is 9.47. The zero-order valence-electron chi connectivity index (χ0n) is 3.16. The van der Waals surface area contributed by atoms with Gasteiger partial charge in [0.05, 0.1) is 0 Å². The van der Waals surface area contributed by atoms with Gasteiger partial charge in [-0.2, -0.15) is 8.42 Å². The van der Waals surface area contributed by atoms with Gasteiger partial charge in [0.2, 0.25) is 0 Å². The van der Waals surface area contributed by atoms with E-state index in [1.807, 2.05) is 0 Å². The first kappa shape index (κ1) is 11.5. The molecule has 0 aliphatic heterocycles. The zero-order valence-corrected chi connectivity index (χ0v) is 3.97. The molecule has 0 aromatic rings. The summed E-state index contributed by atoms with van der Waals surface area (Å²) in [6.45, 7) is 0. The van der Waals surface area contributed by atoms with Gasteiger partial charge in [-0.15, -0.1) is 0 Å². The molecule has 0 saturated heterocycles. The van der Waals surface area contributed by atoms with E-state index in [9.17, 15) is 13.2 Å². The number of primary amides is 1. The summed E-state index contributed by atoms with van der Waals surface area (Å²) in [7, 11) is -2.70.